The van der Waals surface area contributed by atoms with Crippen molar-refractivity contribution in [2.45, 2.75) is 18.9 Å². The Labute approximate surface area is 176 Å². The zero-order chi connectivity index (χ0) is 20.4. The molecular weight excluding hydrogens is 374 g/mol. The van der Waals surface area contributed by atoms with Crippen molar-refractivity contribution in [3.05, 3.63) is 78.0 Å². The quantitative estimate of drug-likeness (QED) is 0.667. The highest BCUT2D eigenvalue weighted by Crippen LogP contribution is 2.30. The number of aromatic nitrogens is 1. The fraction of sp³-hybridized carbons (Fsp3) is 0.360. The SMILES string of the molecule is O=C(N[C@@H]1COC[C@H]1Cc1ccnc2ccccc12)C1(Cc2ccccc2)CNC1. The van der Waals surface area contributed by atoms with E-state index >= 15 is 0 Å². The van der Waals surface area contributed by atoms with Crippen LogP contribution in [0.1, 0.15) is 11.1 Å². The van der Waals surface area contributed by atoms with Crippen LogP contribution >= 0.6 is 0 Å². The molecule has 2 fully saturated rings. The van der Waals surface area contributed by atoms with E-state index in [4.69, 9.17) is 4.74 Å². The van der Waals surface area contributed by atoms with E-state index in [2.05, 4.69) is 45.9 Å². The molecule has 2 aliphatic heterocycles. The molecule has 0 spiro atoms. The number of carbonyl (C=O) groups is 1. The lowest BCUT2D eigenvalue weighted by atomic mass is 9.75. The number of nitrogens with zero attached hydrogens (tertiary/aromatic N) is 1. The zero-order valence-corrected chi connectivity index (χ0v) is 17.0. The molecule has 0 bridgehead atoms. The van der Waals surface area contributed by atoms with Crippen molar-refractivity contribution >= 4 is 16.8 Å². The molecule has 3 heterocycles. The Balaban J connectivity index is 1.30. The van der Waals surface area contributed by atoms with Crippen LogP contribution in [0.25, 0.3) is 10.9 Å². The number of hydrogen-bond donors (Lipinski definition) is 2. The number of benzene rings is 2. The first-order valence-electron chi connectivity index (χ1n) is 10.7. The topological polar surface area (TPSA) is 63.2 Å². The molecule has 5 rings (SSSR count). The van der Waals surface area contributed by atoms with E-state index in [1.165, 1.54) is 16.5 Å². The zero-order valence-electron chi connectivity index (χ0n) is 17.0. The third-order valence-electron chi connectivity index (χ3n) is 6.53. The maximum absolute atomic E-state index is 13.3. The van der Waals surface area contributed by atoms with Crippen LogP contribution < -0.4 is 10.6 Å². The lowest BCUT2D eigenvalue weighted by Gasteiger charge is -2.42. The molecule has 154 valence electrons. The normalized spacial score (nSPS) is 22.5. The van der Waals surface area contributed by atoms with E-state index < -0.39 is 0 Å². The van der Waals surface area contributed by atoms with Crippen molar-refractivity contribution in [2.75, 3.05) is 26.3 Å². The number of amides is 1. The van der Waals surface area contributed by atoms with Gasteiger partial charge in [0.2, 0.25) is 5.91 Å². The number of rotatable bonds is 6. The van der Waals surface area contributed by atoms with Gasteiger partial charge in [-0.1, -0.05) is 48.5 Å². The summed E-state index contributed by atoms with van der Waals surface area (Å²) in [5.41, 5.74) is 3.12. The standard InChI is InChI=1S/C25H27N3O2/c29-24(25(16-26-17-25)13-18-6-2-1-3-7-18)28-23-15-30-14-20(23)12-19-10-11-27-22-9-5-4-8-21(19)22/h1-11,20,23,26H,12-17H2,(H,28,29)/t20-,23-/m1/s1. The third kappa shape index (κ3) is 3.71. The Morgan fingerprint density at radius 2 is 1.87 bits per heavy atom. The average Bonchev–Trinajstić information content (AvgIpc) is 3.18. The summed E-state index contributed by atoms with van der Waals surface area (Å²) in [7, 11) is 0. The fourth-order valence-electron chi connectivity index (χ4n) is 4.68. The second-order valence-electron chi connectivity index (χ2n) is 8.62. The van der Waals surface area contributed by atoms with Gasteiger partial charge in [0.05, 0.1) is 30.2 Å². The van der Waals surface area contributed by atoms with E-state index in [0.717, 1.165) is 31.4 Å². The Hall–Kier alpha value is -2.76. The van der Waals surface area contributed by atoms with Gasteiger partial charge in [-0.15, -0.1) is 0 Å². The van der Waals surface area contributed by atoms with Crippen LogP contribution in [0.5, 0.6) is 0 Å². The van der Waals surface area contributed by atoms with Crippen LogP contribution in [0.4, 0.5) is 0 Å². The van der Waals surface area contributed by atoms with Crippen molar-refractivity contribution in [3.63, 3.8) is 0 Å². The molecule has 5 heteroatoms. The van der Waals surface area contributed by atoms with E-state index in [1.54, 1.807) is 0 Å². The Bertz CT molecular complexity index is 1030. The van der Waals surface area contributed by atoms with Gasteiger partial charge in [0.25, 0.3) is 0 Å². The van der Waals surface area contributed by atoms with Gasteiger partial charge in [-0.2, -0.15) is 0 Å². The van der Waals surface area contributed by atoms with Crippen LogP contribution in [-0.2, 0) is 22.4 Å². The fourth-order valence-corrected chi connectivity index (χ4v) is 4.68. The molecule has 0 saturated carbocycles. The third-order valence-corrected chi connectivity index (χ3v) is 6.53. The second-order valence-corrected chi connectivity index (χ2v) is 8.62. The first-order valence-corrected chi connectivity index (χ1v) is 10.7. The monoisotopic (exact) mass is 401 g/mol. The molecule has 3 aromatic rings. The number of fused-ring (bicyclic) bond motifs is 1. The summed E-state index contributed by atoms with van der Waals surface area (Å²) < 4.78 is 5.79. The highest BCUT2D eigenvalue weighted by molar-refractivity contribution is 5.85. The van der Waals surface area contributed by atoms with Gasteiger partial charge in [0.1, 0.15) is 0 Å². The van der Waals surface area contributed by atoms with E-state index in [1.807, 2.05) is 36.5 Å². The molecule has 2 atom stereocenters. The number of carbonyl (C=O) groups excluding carboxylic acids is 1. The summed E-state index contributed by atoms with van der Waals surface area (Å²) in [5, 5.41) is 7.82. The number of para-hydroxylation sites is 1. The molecule has 2 aromatic carbocycles. The molecule has 2 aliphatic rings. The van der Waals surface area contributed by atoms with Crippen LogP contribution in [0.2, 0.25) is 0 Å². The van der Waals surface area contributed by atoms with Gasteiger partial charge >= 0.3 is 0 Å². The minimum atomic E-state index is -0.363. The first kappa shape index (κ1) is 19.2. The molecule has 0 aliphatic carbocycles. The molecular formula is C25H27N3O2. The molecule has 0 radical (unpaired) electrons. The maximum Gasteiger partial charge on any atom is 0.229 e. The van der Waals surface area contributed by atoms with E-state index in [9.17, 15) is 4.79 Å². The predicted molar refractivity (Wildman–Crippen MR) is 117 cm³/mol. The molecule has 5 nitrogen and oxygen atoms in total. The summed E-state index contributed by atoms with van der Waals surface area (Å²) in [6.45, 7) is 2.70. The lowest BCUT2D eigenvalue weighted by molar-refractivity contribution is -0.135. The average molecular weight is 402 g/mol. The maximum atomic E-state index is 13.3. The minimum absolute atomic E-state index is 0.0395. The minimum Gasteiger partial charge on any atom is -0.379 e. The molecule has 0 unspecified atom stereocenters. The van der Waals surface area contributed by atoms with Crippen LogP contribution in [0.15, 0.2) is 66.9 Å². The predicted octanol–water partition coefficient (Wildman–Crippen LogP) is 2.74. The summed E-state index contributed by atoms with van der Waals surface area (Å²) in [6.07, 6.45) is 3.51. The van der Waals surface area contributed by atoms with Crippen molar-refractivity contribution in [2.24, 2.45) is 11.3 Å². The first-order chi connectivity index (χ1) is 14.7. The van der Waals surface area contributed by atoms with E-state index in [-0.39, 0.29) is 23.3 Å². The highest BCUT2D eigenvalue weighted by Gasteiger charge is 2.45. The molecule has 2 N–H and O–H groups in total. The van der Waals surface area contributed by atoms with Crippen molar-refractivity contribution in [1.29, 1.82) is 0 Å². The summed E-state index contributed by atoms with van der Waals surface area (Å²) in [4.78, 5) is 17.8. The Morgan fingerprint density at radius 1 is 1.07 bits per heavy atom. The lowest BCUT2D eigenvalue weighted by Crippen LogP contribution is -2.64. The Morgan fingerprint density at radius 3 is 2.67 bits per heavy atom. The van der Waals surface area contributed by atoms with Crippen LogP contribution in [-0.4, -0.2) is 43.2 Å². The summed E-state index contributed by atoms with van der Waals surface area (Å²) in [6, 6.07) is 20.6. The van der Waals surface area contributed by atoms with E-state index in [0.29, 0.717) is 13.2 Å². The van der Waals surface area contributed by atoms with Gasteiger partial charge in [-0.3, -0.25) is 9.78 Å². The molecule has 1 aromatic heterocycles. The van der Waals surface area contributed by atoms with Gasteiger partial charge < -0.3 is 15.4 Å². The van der Waals surface area contributed by atoms with Crippen LogP contribution in [0.3, 0.4) is 0 Å². The van der Waals surface area contributed by atoms with Crippen molar-refractivity contribution in [3.8, 4) is 0 Å². The molecule has 1 amide bonds. The van der Waals surface area contributed by atoms with Crippen molar-refractivity contribution < 1.29 is 9.53 Å². The Kier molecular flexibility index (Phi) is 5.23. The molecule has 2 saturated heterocycles. The highest BCUT2D eigenvalue weighted by atomic mass is 16.5. The van der Waals surface area contributed by atoms with Gasteiger partial charge in [0, 0.05) is 30.6 Å². The largest absolute Gasteiger partial charge is 0.379 e. The van der Waals surface area contributed by atoms with Gasteiger partial charge in [0.15, 0.2) is 0 Å². The van der Waals surface area contributed by atoms with Crippen molar-refractivity contribution in [1.82, 2.24) is 15.6 Å². The van der Waals surface area contributed by atoms with Crippen LogP contribution in [0, 0.1) is 11.3 Å². The number of hydrogen-bond acceptors (Lipinski definition) is 4. The second kappa shape index (κ2) is 8.17. The summed E-state index contributed by atoms with van der Waals surface area (Å²) >= 11 is 0. The molecule has 30 heavy (non-hydrogen) atoms. The van der Waals surface area contributed by atoms with Gasteiger partial charge in [-0.25, -0.2) is 0 Å². The smallest absolute Gasteiger partial charge is 0.229 e. The summed E-state index contributed by atoms with van der Waals surface area (Å²) in [5.74, 6) is 0.409. The number of pyridine rings is 1. The number of nitrogens with one attached hydrogen (secondary N) is 2. The number of ether oxygens (including phenoxy) is 1. The van der Waals surface area contributed by atoms with Gasteiger partial charge in [-0.05, 0) is 36.1 Å².